The van der Waals surface area contributed by atoms with Gasteiger partial charge in [0, 0.05) is 13.2 Å². The molecule has 2 rings (SSSR count). The Labute approximate surface area is 125 Å². The highest BCUT2D eigenvalue weighted by Crippen LogP contribution is 2.27. The Bertz CT molecular complexity index is 642. The maximum absolute atomic E-state index is 12.4. The van der Waals surface area contributed by atoms with Crippen molar-refractivity contribution >= 4 is 46.3 Å². The molecule has 0 saturated carbocycles. The molecule has 4 nitrogen and oxygen atoms in total. The fraction of sp³-hybridized carbons (Fsp3) is 0.250. The summed E-state index contributed by atoms with van der Waals surface area (Å²) in [7, 11) is 1.62. The van der Waals surface area contributed by atoms with Crippen LogP contribution in [-0.4, -0.2) is 22.9 Å². The average Bonchev–Trinajstić information content (AvgIpc) is 2.67. The average molecular weight is 316 g/mol. The molecule has 1 amide bonds. The predicted octanol–water partition coefficient (Wildman–Crippen LogP) is 3.74. The maximum Gasteiger partial charge on any atom is 0.271 e. The van der Waals surface area contributed by atoms with E-state index in [-0.39, 0.29) is 5.91 Å². The number of hydrogen-bond acceptors (Lipinski definition) is 4. The molecular weight excluding hydrogens is 305 g/mol. The van der Waals surface area contributed by atoms with Crippen LogP contribution < -0.4 is 4.90 Å². The van der Waals surface area contributed by atoms with Gasteiger partial charge in [-0.1, -0.05) is 23.2 Å². The van der Waals surface area contributed by atoms with Gasteiger partial charge < -0.3 is 0 Å². The summed E-state index contributed by atoms with van der Waals surface area (Å²) < 4.78 is 0. The Kier molecular flexibility index (Phi) is 4.08. The lowest BCUT2D eigenvalue weighted by Crippen LogP contribution is -2.27. The lowest BCUT2D eigenvalue weighted by molar-refractivity contribution is 0.0995. The molecular formula is C12H11Cl2N3OS. The summed E-state index contributed by atoms with van der Waals surface area (Å²) in [6, 6.07) is 1.56. The van der Waals surface area contributed by atoms with E-state index in [2.05, 4.69) is 9.97 Å². The third-order valence-corrected chi connectivity index (χ3v) is 4.05. The Morgan fingerprint density at radius 1 is 1.37 bits per heavy atom. The molecule has 0 aromatic carbocycles. The second kappa shape index (κ2) is 5.45. The van der Waals surface area contributed by atoms with E-state index in [1.165, 1.54) is 22.4 Å². The van der Waals surface area contributed by atoms with Gasteiger partial charge in [0.1, 0.15) is 4.88 Å². The van der Waals surface area contributed by atoms with Gasteiger partial charge in [-0.3, -0.25) is 9.69 Å². The van der Waals surface area contributed by atoms with Gasteiger partial charge in [-0.15, -0.1) is 11.3 Å². The first kappa shape index (κ1) is 14.2. The molecule has 0 aliphatic rings. The lowest BCUT2D eigenvalue weighted by Gasteiger charge is -2.16. The van der Waals surface area contributed by atoms with Crippen molar-refractivity contribution in [1.82, 2.24) is 9.97 Å². The summed E-state index contributed by atoms with van der Waals surface area (Å²) in [6.07, 6.45) is 1.46. The van der Waals surface area contributed by atoms with E-state index in [4.69, 9.17) is 23.2 Å². The van der Waals surface area contributed by atoms with Crippen molar-refractivity contribution in [3.63, 3.8) is 0 Å². The van der Waals surface area contributed by atoms with Crippen molar-refractivity contribution in [3.05, 3.63) is 37.9 Å². The zero-order chi connectivity index (χ0) is 14.2. The minimum atomic E-state index is -0.181. The molecule has 100 valence electrons. The molecule has 2 aromatic heterocycles. The van der Waals surface area contributed by atoms with Crippen molar-refractivity contribution in [2.75, 3.05) is 11.9 Å². The molecule has 0 aliphatic heterocycles. The maximum atomic E-state index is 12.4. The molecule has 0 unspecified atom stereocenters. The number of halogens is 2. The molecule has 0 atom stereocenters. The smallest absolute Gasteiger partial charge is 0.271 e. The van der Waals surface area contributed by atoms with Crippen LogP contribution in [-0.2, 0) is 0 Å². The molecule has 2 aromatic rings. The van der Waals surface area contributed by atoms with Crippen LogP contribution in [0.3, 0.4) is 0 Å². The first-order valence-corrected chi connectivity index (χ1v) is 7.00. The van der Waals surface area contributed by atoms with Crippen molar-refractivity contribution in [1.29, 1.82) is 0 Å². The third-order valence-electron chi connectivity index (χ3n) is 2.51. The summed E-state index contributed by atoms with van der Waals surface area (Å²) in [5.41, 5.74) is 0.712. The highest BCUT2D eigenvalue weighted by Gasteiger charge is 2.21. The zero-order valence-electron chi connectivity index (χ0n) is 10.6. The SMILES string of the molecule is Cc1nc(C)c(C(=O)N(C)c2ncc(Cl)cc2Cl)s1. The van der Waals surface area contributed by atoms with Gasteiger partial charge in [-0.05, 0) is 19.9 Å². The molecule has 2 heterocycles. The monoisotopic (exact) mass is 315 g/mol. The Morgan fingerprint density at radius 3 is 2.58 bits per heavy atom. The van der Waals surface area contributed by atoms with Crippen LogP contribution in [0.25, 0.3) is 0 Å². The first-order chi connectivity index (χ1) is 8.90. The highest BCUT2D eigenvalue weighted by atomic mass is 35.5. The van der Waals surface area contributed by atoms with Crippen LogP contribution >= 0.6 is 34.5 Å². The van der Waals surface area contributed by atoms with Gasteiger partial charge >= 0.3 is 0 Å². The largest absolute Gasteiger partial charge is 0.294 e. The van der Waals surface area contributed by atoms with E-state index >= 15 is 0 Å². The fourth-order valence-corrected chi connectivity index (χ4v) is 3.03. The second-order valence-electron chi connectivity index (χ2n) is 3.97. The molecule has 0 bridgehead atoms. The standard InChI is InChI=1S/C12H11Cl2N3OS/c1-6-10(19-7(2)16-6)12(18)17(3)11-9(14)4-8(13)5-15-11/h4-5H,1-3H3. The van der Waals surface area contributed by atoms with Crippen molar-refractivity contribution in [2.24, 2.45) is 0 Å². The molecule has 7 heteroatoms. The number of aryl methyl sites for hydroxylation is 2. The molecule has 0 saturated heterocycles. The number of carbonyl (C=O) groups is 1. The van der Waals surface area contributed by atoms with Crippen molar-refractivity contribution in [2.45, 2.75) is 13.8 Å². The Morgan fingerprint density at radius 2 is 2.05 bits per heavy atom. The highest BCUT2D eigenvalue weighted by molar-refractivity contribution is 7.13. The van der Waals surface area contributed by atoms with Gasteiger partial charge in [0.15, 0.2) is 5.82 Å². The molecule has 0 N–H and O–H groups in total. The number of nitrogens with zero attached hydrogens (tertiary/aromatic N) is 3. The molecule has 0 fully saturated rings. The van der Waals surface area contributed by atoms with Crippen molar-refractivity contribution in [3.8, 4) is 0 Å². The van der Waals surface area contributed by atoms with Crippen LogP contribution in [0.2, 0.25) is 10.0 Å². The van der Waals surface area contributed by atoms with E-state index in [1.807, 2.05) is 13.8 Å². The number of pyridine rings is 1. The molecule has 19 heavy (non-hydrogen) atoms. The summed E-state index contributed by atoms with van der Waals surface area (Å²) in [6.45, 7) is 3.67. The van der Waals surface area contributed by atoms with E-state index in [0.717, 1.165) is 5.01 Å². The van der Waals surface area contributed by atoms with Gasteiger partial charge in [0.25, 0.3) is 5.91 Å². The first-order valence-electron chi connectivity index (χ1n) is 5.43. The summed E-state index contributed by atoms with van der Waals surface area (Å²) in [4.78, 5) is 22.7. The number of rotatable bonds is 2. The van der Waals surface area contributed by atoms with Crippen LogP contribution in [0.4, 0.5) is 5.82 Å². The number of anilines is 1. The Hall–Kier alpha value is -1.17. The van der Waals surface area contributed by atoms with E-state index in [1.54, 1.807) is 13.1 Å². The number of thiazole rings is 1. The second-order valence-corrected chi connectivity index (χ2v) is 6.02. The van der Waals surface area contributed by atoms with Crippen LogP contribution in [0, 0.1) is 13.8 Å². The fourth-order valence-electron chi connectivity index (χ4n) is 1.63. The number of aromatic nitrogens is 2. The van der Waals surface area contributed by atoms with Gasteiger partial charge in [0.05, 0.1) is 20.7 Å². The van der Waals surface area contributed by atoms with Crippen LogP contribution in [0.15, 0.2) is 12.3 Å². The Balaban J connectivity index is 2.36. The summed E-state index contributed by atoms with van der Waals surface area (Å²) >= 11 is 13.2. The van der Waals surface area contributed by atoms with E-state index in [9.17, 15) is 4.79 Å². The molecule has 0 aliphatic carbocycles. The summed E-state index contributed by atoms with van der Waals surface area (Å²) in [5, 5.41) is 1.62. The third kappa shape index (κ3) is 2.88. The quantitative estimate of drug-likeness (QED) is 0.848. The van der Waals surface area contributed by atoms with Gasteiger partial charge in [0.2, 0.25) is 0 Å². The predicted molar refractivity (Wildman–Crippen MR) is 78.6 cm³/mol. The normalized spacial score (nSPS) is 10.6. The zero-order valence-corrected chi connectivity index (χ0v) is 12.9. The van der Waals surface area contributed by atoms with Crippen molar-refractivity contribution < 1.29 is 4.79 Å². The topological polar surface area (TPSA) is 46.1 Å². The van der Waals surface area contributed by atoms with E-state index < -0.39 is 0 Å². The minimum absolute atomic E-state index is 0.181. The molecule has 0 spiro atoms. The van der Waals surface area contributed by atoms with Crippen LogP contribution in [0.1, 0.15) is 20.4 Å². The van der Waals surface area contributed by atoms with Gasteiger partial charge in [-0.25, -0.2) is 9.97 Å². The lowest BCUT2D eigenvalue weighted by atomic mass is 10.3. The van der Waals surface area contributed by atoms with Crippen LogP contribution in [0.5, 0.6) is 0 Å². The van der Waals surface area contributed by atoms with Gasteiger partial charge in [-0.2, -0.15) is 0 Å². The summed E-state index contributed by atoms with van der Waals surface area (Å²) in [5.74, 6) is 0.196. The number of hydrogen-bond donors (Lipinski definition) is 0. The molecule has 0 radical (unpaired) electrons. The van der Waals surface area contributed by atoms with E-state index in [0.29, 0.717) is 26.4 Å². The number of amides is 1. The minimum Gasteiger partial charge on any atom is -0.294 e. The number of carbonyl (C=O) groups excluding carboxylic acids is 1.